The highest BCUT2D eigenvalue weighted by atomic mass is 79.9. The third-order valence-electron chi connectivity index (χ3n) is 2.84. The molecule has 0 bridgehead atoms. The number of anilines is 1. The maximum atomic E-state index is 13.9. The van der Waals surface area contributed by atoms with Crippen molar-refractivity contribution in [1.29, 1.82) is 0 Å². The molecule has 6 heteroatoms. The molecule has 0 amide bonds. The number of nitrogens with one attached hydrogen (secondary N) is 1. The van der Waals surface area contributed by atoms with Gasteiger partial charge in [-0.3, -0.25) is 0 Å². The molecule has 0 aliphatic heterocycles. The van der Waals surface area contributed by atoms with E-state index < -0.39 is 11.9 Å². The van der Waals surface area contributed by atoms with Gasteiger partial charge in [0.25, 0.3) is 0 Å². The van der Waals surface area contributed by atoms with Gasteiger partial charge in [-0.1, -0.05) is 17.7 Å². The second kappa shape index (κ2) is 6.52. The zero-order chi connectivity index (χ0) is 14.7. The Bertz CT molecular complexity index is 602. The Morgan fingerprint density at radius 3 is 2.55 bits per heavy atom. The molecule has 0 saturated carbocycles. The van der Waals surface area contributed by atoms with Crippen molar-refractivity contribution in [3.63, 3.8) is 0 Å². The van der Waals surface area contributed by atoms with E-state index in [1.807, 2.05) is 0 Å². The van der Waals surface area contributed by atoms with Crippen LogP contribution in [0.5, 0.6) is 0 Å². The summed E-state index contributed by atoms with van der Waals surface area (Å²) in [4.78, 5) is 0. The summed E-state index contributed by atoms with van der Waals surface area (Å²) in [7, 11) is 0. The number of rotatable bonds is 4. The summed E-state index contributed by atoms with van der Waals surface area (Å²) >= 11 is 9.12. The molecule has 2 aromatic rings. The summed E-state index contributed by atoms with van der Waals surface area (Å²) in [5, 5.41) is 3.35. The summed E-state index contributed by atoms with van der Waals surface area (Å²) in [6, 6.07) is 8.38. The minimum Gasteiger partial charge on any atom is -0.377 e. The summed E-state index contributed by atoms with van der Waals surface area (Å²) < 4.78 is 27.4. The van der Waals surface area contributed by atoms with Gasteiger partial charge in [-0.2, -0.15) is 0 Å². The van der Waals surface area contributed by atoms with Crippen molar-refractivity contribution in [3.8, 4) is 0 Å². The van der Waals surface area contributed by atoms with Gasteiger partial charge < -0.3 is 11.1 Å². The molecule has 1 unspecified atom stereocenters. The first kappa shape index (κ1) is 15.2. The van der Waals surface area contributed by atoms with Crippen molar-refractivity contribution in [1.82, 2.24) is 0 Å². The van der Waals surface area contributed by atoms with Crippen LogP contribution in [0.4, 0.5) is 14.5 Å². The highest BCUT2D eigenvalue weighted by Gasteiger charge is 2.18. The van der Waals surface area contributed by atoms with Gasteiger partial charge in [0.05, 0.1) is 10.5 Å². The fraction of sp³-hybridized carbons (Fsp3) is 0.143. The Balaban J connectivity index is 2.31. The Kier molecular flexibility index (Phi) is 4.96. The molecule has 0 radical (unpaired) electrons. The van der Waals surface area contributed by atoms with Crippen molar-refractivity contribution < 1.29 is 8.78 Å². The van der Waals surface area contributed by atoms with Crippen molar-refractivity contribution in [2.45, 2.75) is 6.04 Å². The predicted octanol–water partition coefficient (Wildman–Crippen LogP) is 4.49. The van der Waals surface area contributed by atoms with E-state index in [1.165, 1.54) is 18.2 Å². The van der Waals surface area contributed by atoms with Crippen molar-refractivity contribution in [2.24, 2.45) is 5.73 Å². The first-order valence-corrected chi connectivity index (χ1v) is 7.05. The first-order chi connectivity index (χ1) is 9.52. The zero-order valence-corrected chi connectivity index (χ0v) is 12.7. The quantitative estimate of drug-likeness (QED) is 0.842. The molecule has 2 nitrogen and oxygen atoms in total. The summed E-state index contributed by atoms with van der Waals surface area (Å²) in [6.07, 6.45) is 0. The molecule has 2 rings (SSSR count). The number of nitrogens with two attached hydrogens (primary N) is 1. The van der Waals surface area contributed by atoms with E-state index in [9.17, 15) is 8.78 Å². The zero-order valence-electron chi connectivity index (χ0n) is 10.3. The number of hydrogen-bond acceptors (Lipinski definition) is 2. The van der Waals surface area contributed by atoms with Crippen LogP contribution in [0.15, 0.2) is 40.9 Å². The van der Waals surface area contributed by atoms with Crippen LogP contribution in [0.3, 0.4) is 0 Å². The lowest BCUT2D eigenvalue weighted by Crippen LogP contribution is -2.22. The average Bonchev–Trinajstić information content (AvgIpc) is 2.41. The molecular formula is C14H12BrClF2N2. The molecule has 0 spiro atoms. The fourth-order valence-electron chi connectivity index (χ4n) is 1.88. The highest BCUT2D eigenvalue weighted by Crippen LogP contribution is 2.29. The van der Waals surface area contributed by atoms with E-state index in [0.717, 1.165) is 0 Å². The molecule has 0 aliphatic rings. The van der Waals surface area contributed by atoms with Gasteiger partial charge in [0.15, 0.2) is 0 Å². The lowest BCUT2D eigenvalue weighted by molar-refractivity contribution is 0.593. The minimum absolute atomic E-state index is 0.148. The Morgan fingerprint density at radius 2 is 1.95 bits per heavy atom. The maximum Gasteiger partial charge on any atom is 0.137 e. The summed E-state index contributed by atoms with van der Waals surface area (Å²) in [5.41, 5.74) is 6.61. The second-order valence-electron chi connectivity index (χ2n) is 4.20. The van der Waals surface area contributed by atoms with Gasteiger partial charge in [-0.25, -0.2) is 8.78 Å². The standard InChI is InChI=1S/C14H12BrClF2N2/c15-9-6-8(4-5-11(9)17)20-13(7-19)14-10(16)2-1-3-12(14)18/h1-6,13,20H,7,19H2. The topological polar surface area (TPSA) is 38.0 Å². The van der Waals surface area contributed by atoms with Gasteiger partial charge in [0, 0.05) is 22.8 Å². The van der Waals surface area contributed by atoms with Gasteiger partial charge >= 0.3 is 0 Å². The van der Waals surface area contributed by atoms with Crippen LogP contribution in [0.2, 0.25) is 5.02 Å². The van der Waals surface area contributed by atoms with E-state index in [4.69, 9.17) is 17.3 Å². The van der Waals surface area contributed by atoms with E-state index in [1.54, 1.807) is 18.2 Å². The van der Waals surface area contributed by atoms with E-state index in [2.05, 4.69) is 21.2 Å². The Morgan fingerprint density at radius 1 is 1.20 bits per heavy atom. The van der Waals surface area contributed by atoms with Crippen LogP contribution < -0.4 is 11.1 Å². The monoisotopic (exact) mass is 360 g/mol. The third-order valence-corrected chi connectivity index (χ3v) is 3.78. The van der Waals surface area contributed by atoms with E-state index in [0.29, 0.717) is 20.7 Å². The van der Waals surface area contributed by atoms with Crippen LogP contribution in [0.25, 0.3) is 0 Å². The van der Waals surface area contributed by atoms with Gasteiger partial charge in [-0.15, -0.1) is 0 Å². The molecule has 0 fully saturated rings. The average molecular weight is 362 g/mol. The van der Waals surface area contributed by atoms with Crippen molar-refractivity contribution in [3.05, 3.63) is 63.1 Å². The van der Waals surface area contributed by atoms with Gasteiger partial charge in [0.2, 0.25) is 0 Å². The molecule has 3 N–H and O–H groups in total. The van der Waals surface area contributed by atoms with Crippen LogP contribution in [-0.4, -0.2) is 6.54 Å². The van der Waals surface area contributed by atoms with Crippen LogP contribution in [0.1, 0.15) is 11.6 Å². The lowest BCUT2D eigenvalue weighted by Gasteiger charge is -2.20. The molecule has 2 aromatic carbocycles. The van der Waals surface area contributed by atoms with Crippen molar-refractivity contribution in [2.75, 3.05) is 11.9 Å². The highest BCUT2D eigenvalue weighted by molar-refractivity contribution is 9.10. The van der Waals surface area contributed by atoms with Crippen LogP contribution in [0, 0.1) is 11.6 Å². The number of benzene rings is 2. The van der Waals surface area contributed by atoms with E-state index in [-0.39, 0.29) is 12.4 Å². The molecule has 1 atom stereocenters. The van der Waals surface area contributed by atoms with Gasteiger partial charge in [0.1, 0.15) is 11.6 Å². The molecular weight excluding hydrogens is 350 g/mol. The predicted molar refractivity (Wildman–Crippen MR) is 80.9 cm³/mol. The minimum atomic E-state index is -0.499. The number of hydrogen-bond donors (Lipinski definition) is 2. The van der Waals surface area contributed by atoms with Crippen molar-refractivity contribution >= 4 is 33.2 Å². The molecule has 0 aromatic heterocycles. The summed E-state index contributed by atoms with van der Waals surface area (Å²) in [6.45, 7) is 0.148. The third kappa shape index (κ3) is 3.29. The summed E-state index contributed by atoms with van der Waals surface area (Å²) in [5.74, 6) is -0.801. The normalized spacial score (nSPS) is 12.2. The largest absolute Gasteiger partial charge is 0.377 e. The molecule has 106 valence electrons. The Labute approximate surface area is 129 Å². The molecule has 20 heavy (non-hydrogen) atoms. The SMILES string of the molecule is NCC(Nc1ccc(F)c(Br)c1)c1c(F)cccc1Cl. The van der Waals surface area contributed by atoms with Crippen LogP contribution >= 0.6 is 27.5 Å². The smallest absolute Gasteiger partial charge is 0.137 e. The van der Waals surface area contributed by atoms with Crippen LogP contribution in [-0.2, 0) is 0 Å². The lowest BCUT2D eigenvalue weighted by atomic mass is 10.1. The van der Waals surface area contributed by atoms with Gasteiger partial charge in [-0.05, 0) is 46.3 Å². The molecule has 0 saturated heterocycles. The first-order valence-electron chi connectivity index (χ1n) is 5.88. The Hall–Kier alpha value is -1.17. The maximum absolute atomic E-state index is 13.9. The fourth-order valence-corrected chi connectivity index (χ4v) is 2.55. The van der Waals surface area contributed by atoms with E-state index >= 15 is 0 Å². The second-order valence-corrected chi connectivity index (χ2v) is 5.46. The number of halogens is 4. The molecule has 0 aliphatic carbocycles. The molecule has 0 heterocycles.